The van der Waals surface area contributed by atoms with Gasteiger partial charge in [0, 0.05) is 30.7 Å². The molecule has 0 aromatic carbocycles. The van der Waals surface area contributed by atoms with E-state index >= 15 is 0 Å². The number of nitrogens with two attached hydrogens (primary N) is 1. The molecule has 0 saturated heterocycles. The first kappa shape index (κ1) is 10.2. The summed E-state index contributed by atoms with van der Waals surface area (Å²) in [6, 6.07) is -0.333. The van der Waals surface area contributed by atoms with Gasteiger partial charge in [0.15, 0.2) is 0 Å². The number of halogens is 4. The van der Waals surface area contributed by atoms with Gasteiger partial charge in [0.1, 0.15) is 0 Å². The average molecular weight is 211 g/mol. The molecule has 0 aliphatic heterocycles. The molecule has 1 unspecified atom stereocenters. The van der Waals surface area contributed by atoms with E-state index in [2.05, 4.69) is 0 Å². The zero-order valence-electron chi connectivity index (χ0n) is 7.65. The van der Waals surface area contributed by atoms with Gasteiger partial charge < -0.3 is 5.73 Å². The third kappa shape index (κ3) is 1.51. The first-order valence-corrected chi connectivity index (χ1v) is 4.82. The molecule has 1 nitrogen and oxygen atoms in total. The molecule has 2 bridgehead atoms. The molecule has 2 aliphatic carbocycles. The van der Waals surface area contributed by atoms with E-state index in [1.165, 1.54) is 0 Å². The average Bonchev–Trinajstić information content (AvgIpc) is 1.95. The van der Waals surface area contributed by atoms with Crippen LogP contribution in [-0.2, 0) is 0 Å². The van der Waals surface area contributed by atoms with Gasteiger partial charge in [-0.25, -0.2) is 17.6 Å². The number of hydrogen-bond acceptors (Lipinski definition) is 1. The van der Waals surface area contributed by atoms with E-state index in [4.69, 9.17) is 5.73 Å². The van der Waals surface area contributed by atoms with Crippen molar-refractivity contribution in [1.29, 1.82) is 0 Å². The zero-order chi connectivity index (χ0) is 10.6. The molecule has 0 aromatic heterocycles. The van der Waals surface area contributed by atoms with Gasteiger partial charge in [-0.2, -0.15) is 0 Å². The third-order valence-corrected chi connectivity index (χ3v) is 3.35. The molecule has 14 heavy (non-hydrogen) atoms. The van der Waals surface area contributed by atoms with Crippen molar-refractivity contribution in [2.75, 3.05) is 0 Å². The molecule has 0 amide bonds. The maximum absolute atomic E-state index is 13.4. The van der Waals surface area contributed by atoms with Gasteiger partial charge in [0.25, 0.3) is 5.92 Å². The first-order chi connectivity index (χ1) is 6.31. The van der Waals surface area contributed by atoms with E-state index in [1.807, 2.05) is 0 Å². The van der Waals surface area contributed by atoms with Crippen LogP contribution in [0.25, 0.3) is 0 Å². The van der Waals surface area contributed by atoms with Gasteiger partial charge in [0.05, 0.1) is 0 Å². The normalized spacial score (nSPS) is 44.8. The Balaban J connectivity index is 2.23. The van der Waals surface area contributed by atoms with E-state index in [1.54, 1.807) is 0 Å². The third-order valence-electron chi connectivity index (χ3n) is 3.35. The van der Waals surface area contributed by atoms with Crippen molar-refractivity contribution in [2.45, 2.75) is 43.6 Å². The minimum Gasteiger partial charge on any atom is -0.328 e. The molecule has 2 aliphatic rings. The van der Waals surface area contributed by atoms with Gasteiger partial charge >= 0.3 is 0 Å². The van der Waals surface area contributed by atoms with Gasteiger partial charge in [-0.15, -0.1) is 0 Å². The minimum absolute atomic E-state index is 0.0269. The van der Waals surface area contributed by atoms with Crippen molar-refractivity contribution in [3.63, 3.8) is 0 Å². The summed E-state index contributed by atoms with van der Waals surface area (Å²) in [6.07, 6.45) is -1.35. The number of rotatable bonds is 0. The van der Waals surface area contributed by atoms with Crippen molar-refractivity contribution in [3.05, 3.63) is 0 Å². The van der Waals surface area contributed by atoms with Crippen LogP contribution in [0.2, 0.25) is 0 Å². The van der Waals surface area contributed by atoms with Crippen LogP contribution >= 0.6 is 0 Å². The van der Waals surface area contributed by atoms with E-state index in [0.717, 1.165) is 0 Å². The monoisotopic (exact) mass is 211 g/mol. The van der Waals surface area contributed by atoms with E-state index in [-0.39, 0.29) is 18.9 Å². The SMILES string of the molecule is NC1C[C@@H]2CC(F)(F)C[C@H](C1)C2(F)F. The largest absolute Gasteiger partial charge is 0.328 e. The lowest BCUT2D eigenvalue weighted by molar-refractivity contribution is -0.218. The Morgan fingerprint density at radius 1 is 0.929 bits per heavy atom. The zero-order valence-corrected chi connectivity index (χ0v) is 7.65. The molecular formula is C9H13F4N. The quantitative estimate of drug-likeness (QED) is 0.612. The summed E-state index contributed by atoms with van der Waals surface area (Å²) in [6.45, 7) is 0. The van der Waals surface area contributed by atoms with Crippen LogP contribution in [0.4, 0.5) is 17.6 Å². The van der Waals surface area contributed by atoms with Crippen LogP contribution in [-0.4, -0.2) is 17.9 Å². The molecule has 0 heterocycles. The molecule has 2 fully saturated rings. The van der Waals surface area contributed by atoms with E-state index in [9.17, 15) is 17.6 Å². The molecule has 2 saturated carbocycles. The Morgan fingerprint density at radius 2 is 1.36 bits per heavy atom. The summed E-state index contributed by atoms with van der Waals surface area (Å²) >= 11 is 0. The van der Waals surface area contributed by atoms with Crippen LogP contribution in [0.5, 0.6) is 0 Å². The molecular weight excluding hydrogens is 198 g/mol. The van der Waals surface area contributed by atoms with Crippen molar-refractivity contribution in [2.24, 2.45) is 17.6 Å². The summed E-state index contributed by atoms with van der Waals surface area (Å²) < 4.78 is 52.9. The molecule has 0 radical (unpaired) electrons. The molecule has 2 N–H and O–H groups in total. The predicted molar refractivity (Wildman–Crippen MR) is 43.3 cm³/mol. The van der Waals surface area contributed by atoms with E-state index < -0.39 is 36.5 Å². The van der Waals surface area contributed by atoms with Gasteiger partial charge in [-0.1, -0.05) is 0 Å². The molecule has 0 spiro atoms. The van der Waals surface area contributed by atoms with Crippen LogP contribution in [0, 0.1) is 11.8 Å². The molecule has 5 heteroatoms. The Hall–Kier alpha value is -0.320. The maximum Gasteiger partial charge on any atom is 0.254 e. The fourth-order valence-corrected chi connectivity index (χ4v) is 2.72. The molecule has 82 valence electrons. The Kier molecular flexibility index (Phi) is 2.07. The van der Waals surface area contributed by atoms with E-state index in [0.29, 0.717) is 0 Å². The fourth-order valence-electron chi connectivity index (χ4n) is 2.72. The van der Waals surface area contributed by atoms with Crippen molar-refractivity contribution in [3.8, 4) is 0 Å². The Morgan fingerprint density at radius 3 is 1.79 bits per heavy atom. The highest BCUT2D eigenvalue weighted by Crippen LogP contribution is 2.54. The second kappa shape index (κ2) is 2.84. The summed E-state index contributed by atoms with van der Waals surface area (Å²) in [7, 11) is 0. The lowest BCUT2D eigenvalue weighted by Crippen LogP contribution is -2.54. The topological polar surface area (TPSA) is 26.0 Å². The van der Waals surface area contributed by atoms with Crippen molar-refractivity contribution in [1.82, 2.24) is 0 Å². The van der Waals surface area contributed by atoms with Gasteiger partial charge in [-0.3, -0.25) is 0 Å². The number of fused-ring (bicyclic) bond motifs is 2. The summed E-state index contributed by atoms with van der Waals surface area (Å²) in [5, 5.41) is 0. The first-order valence-electron chi connectivity index (χ1n) is 4.82. The highest BCUT2D eigenvalue weighted by Gasteiger charge is 2.60. The highest BCUT2D eigenvalue weighted by atomic mass is 19.3. The molecule has 2 rings (SSSR count). The second-order valence-corrected chi connectivity index (χ2v) is 4.56. The second-order valence-electron chi connectivity index (χ2n) is 4.56. The lowest BCUT2D eigenvalue weighted by Gasteiger charge is -2.47. The van der Waals surface area contributed by atoms with Crippen LogP contribution in [0.15, 0.2) is 0 Å². The van der Waals surface area contributed by atoms with Gasteiger partial charge in [0.2, 0.25) is 5.92 Å². The fraction of sp³-hybridized carbons (Fsp3) is 1.00. The Labute approximate surface area is 79.6 Å². The van der Waals surface area contributed by atoms with Crippen molar-refractivity contribution >= 4 is 0 Å². The summed E-state index contributed by atoms with van der Waals surface area (Å²) in [4.78, 5) is 0. The maximum atomic E-state index is 13.4. The summed E-state index contributed by atoms with van der Waals surface area (Å²) in [5.41, 5.74) is 5.56. The highest BCUT2D eigenvalue weighted by molar-refractivity contribution is 5.01. The Bertz CT molecular complexity index is 221. The van der Waals surface area contributed by atoms with Crippen molar-refractivity contribution < 1.29 is 17.6 Å². The van der Waals surface area contributed by atoms with Crippen LogP contribution < -0.4 is 5.73 Å². The van der Waals surface area contributed by atoms with Crippen LogP contribution in [0.1, 0.15) is 25.7 Å². The standard InChI is InChI=1S/C9H13F4N/c10-8(11)3-5-1-7(14)2-6(4-8)9(5,12)13/h5-7H,1-4,14H2/t5-,6+,7?. The number of hydrogen-bond donors (Lipinski definition) is 1. The van der Waals surface area contributed by atoms with Gasteiger partial charge in [-0.05, 0) is 12.8 Å². The molecule has 3 atom stereocenters. The van der Waals surface area contributed by atoms with Crippen LogP contribution in [0.3, 0.4) is 0 Å². The molecule has 0 aromatic rings. The number of alkyl halides is 4. The summed E-state index contributed by atoms with van der Waals surface area (Å²) in [5.74, 6) is -8.30. The minimum atomic E-state index is -2.93. The lowest BCUT2D eigenvalue weighted by atomic mass is 9.66. The smallest absolute Gasteiger partial charge is 0.254 e. The predicted octanol–water partition coefficient (Wildman–Crippen LogP) is 2.40.